The summed E-state index contributed by atoms with van der Waals surface area (Å²) >= 11 is 5.65. The lowest BCUT2D eigenvalue weighted by Crippen LogP contribution is -1.78. The highest BCUT2D eigenvalue weighted by molar-refractivity contribution is 6.17. The molecule has 0 aliphatic heterocycles. The van der Waals surface area contributed by atoms with E-state index in [0.717, 1.165) is 18.7 Å². The third kappa shape index (κ3) is 3.34. The second-order valence-electron chi connectivity index (χ2n) is 4.16. The molecule has 2 rings (SSSR count). The van der Waals surface area contributed by atoms with E-state index in [1.807, 2.05) is 0 Å². The lowest BCUT2D eigenvalue weighted by atomic mass is 10.0. The molecule has 1 heteroatoms. The first-order chi connectivity index (χ1) is 8.42. The lowest BCUT2D eigenvalue weighted by Gasteiger charge is -2.01. The van der Waals surface area contributed by atoms with Gasteiger partial charge in [-0.1, -0.05) is 54.6 Å². The summed E-state index contributed by atoms with van der Waals surface area (Å²) in [5.74, 6) is 0.766. The highest BCUT2D eigenvalue weighted by Gasteiger charge is 1.95. The van der Waals surface area contributed by atoms with Crippen LogP contribution in [-0.2, 0) is 0 Å². The summed E-state index contributed by atoms with van der Waals surface area (Å²) in [5, 5.41) is 2.62. The van der Waals surface area contributed by atoms with Gasteiger partial charge in [0.25, 0.3) is 0 Å². The maximum atomic E-state index is 5.65. The number of halogens is 1. The van der Waals surface area contributed by atoms with Gasteiger partial charge >= 0.3 is 0 Å². The summed E-state index contributed by atoms with van der Waals surface area (Å²) in [4.78, 5) is 0. The molecule has 0 aromatic heterocycles. The van der Waals surface area contributed by atoms with Crippen molar-refractivity contribution < 1.29 is 0 Å². The molecule has 0 unspecified atom stereocenters. The quantitative estimate of drug-likeness (QED) is 0.497. The van der Waals surface area contributed by atoms with Crippen LogP contribution in [0.15, 0.2) is 48.5 Å². The van der Waals surface area contributed by atoms with Gasteiger partial charge in [0.05, 0.1) is 0 Å². The van der Waals surface area contributed by atoms with E-state index in [-0.39, 0.29) is 0 Å². The lowest BCUT2D eigenvalue weighted by molar-refractivity contribution is 0.822. The fraction of sp³-hybridized carbons (Fsp3) is 0.250. The zero-order chi connectivity index (χ0) is 11.9. The van der Waals surface area contributed by atoms with Crippen LogP contribution in [0.25, 0.3) is 16.8 Å². The zero-order valence-corrected chi connectivity index (χ0v) is 10.7. The number of alkyl halides is 1. The first kappa shape index (κ1) is 12.2. The normalized spacial score (nSPS) is 11.4. The molecule has 0 saturated carbocycles. The van der Waals surface area contributed by atoms with Gasteiger partial charge < -0.3 is 0 Å². The van der Waals surface area contributed by atoms with Crippen molar-refractivity contribution in [1.29, 1.82) is 0 Å². The number of fused-ring (bicyclic) bond motifs is 1. The Balaban J connectivity index is 2.13. The van der Waals surface area contributed by atoms with Crippen LogP contribution in [0, 0.1) is 0 Å². The van der Waals surface area contributed by atoms with E-state index in [9.17, 15) is 0 Å². The number of allylic oxidation sites excluding steroid dienone is 1. The van der Waals surface area contributed by atoms with Crippen molar-refractivity contribution in [2.45, 2.75) is 19.3 Å². The average molecular weight is 245 g/mol. The number of hydrogen-bond donors (Lipinski definition) is 0. The molecule has 0 atom stereocenters. The van der Waals surface area contributed by atoms with Gasteiger partial charge in [-0.3, -0.25) is 0 Å². The van der Waals surface area contributed by atoms with E-state index < -0.39 is 0 Å². The van der Waals surface area contributed by atoms with Gasteiger partial charge in [0.15, 0.2) is 0 Å². The van der Waals surface area contributed by atoms with Gasteiger partial charge in [-0.05, 0) is 35.6 Å². The van der Waals surface area contributed by atoms with Crippen molar-refractivity contribution in [3.8, 4) is 0 Å². The molecule has 0 aliphatic carbocycles. The van der Waals surface area contributed by atoms with E-state index >= 15 is 0 Å². The van der Waals surface area contributed by atoms with Gasteiger partial charge in [0, 0.05) is 5.88 Å². The Labute approximate surface area is 108 Å². The van der Waals surface area contributed by atoms with Crippen molar-refractivity contribution in [3.63, 3.8) is 0 Å². The number of hydrogen-bond acceptors (Lipinski definition) is 0. The molecule has 0 heterocycles. The van der Waals surface area contributed by atoms with Crippen molar-refractivity contribution in [3.05, 3.63) is 54.1 Å². The van der Waals surface area contributed by atoms with Crippen LogP contribution in [0.1, 0.15) is 24.8 Å². The van der Waals surface area contributed by atoms with Crippen LogP contribution in [0.2, 0.25) is 0 Å². The molecular formula is C16H17Cl. The third-order valence-electron chi connectivity index (χ3n) is 2.88. The van der Waals surface area contributed by atoms with Gasteiger partial charge in [-0.15, -0.1) is 11.6 Å². The first-order valence-corrected chi connectivity index (χ1v) is 6.65. The van der Waals surface area contributed by atoms with E-state index in [4.69, 9.17) is 11.6 Å². The maximum Gasteiger partial charge on any atom is 0.0223 e. The van der Waals surface area contributed by atoms with E-state index in [1.165, 1.54) is 22.8 Å². The average Bonchev–Trinajstić information content (AvgIpc) is 2.39. The minimum absolute atomic E-state index is 0.766. The number of benzene rings is 2. The molecule has 88 valence electrons. The Kier molecular flexibility index (Phi) is 4.63. The molecule has 0 saturated heterocycles. The third-order valence-corrected chi connectivity index (χ3v) is 3.14. The SMILES string of the molecule is ClCCCC/C=C\c1cccc2ccccc12. The fourth-order valence-electron chi connectivity index (χ4n) is 1.96. The van der Waals surface area contributed by atoms with Crippen molar-refractivity contribution in [2.24, 2.45) is 0 Å². The summed E-state index contributed by atoms with van der Waals surface area (Å²) in [6.07, 6.45) is 7.84. The largest absolute Gasteiger partial charge is 0.127 e. The van der Waals surface area contributed by atoms with Crippen LogP contribution in [0.4, 0.5) is 0 Å². The Bertz CT molecular complexity index is 494. The number of rotatable bonds is 5. The molecule has 0 spiro atoms. The highest BCUT2D eigenvalue weighted by atomic mass is 35.5. The van der Waals surface area contributed by atoms with E-state index in [0.29, 0.717) is 0 Å². The smallest absolute Gasteiger partial charge is 0.0223 e. The van der Waals surface area contributed by atoms with Crippen LogP contribution >= 0.6 is 11.6 Å². The molecule has 0 N–H and O–H groups in total. The summed E-state index contributed by atoms with van der Waals surface area (Å²) in [6, 6.07) is 14.9. The van der Waals surface area contributed by atoms with Gasteiger partial charge in [0.2, 0.25) is 0 Å². The van der Waals surface area contributed by atoms with E-state index in [1.54, 1.807) is 0 Å². The highest BCUT2D eigenvalue weighted by Crippen LogP contribution is 2.19. The Morgan fingerprint density at radius 1 is 0.941 bits per heavy atom. The predicted molar refractivity (Wildman–Crippen MR) is 77.6 cm³/mol. The predicted octanol–water partition coefficient (Wildman–Crippen LogP) is 5.26. The van der Waals surface area contributed by atoms with Crippen molar-refractivity contribution >= 4 is 28.4 Å². The van der Waals surface area contributed by atoms with Gasteiger partial charge in [-0.2, -0.15) is 0 Å². The molecule has 2 aromatic rings. The van der Waals surface area contributed by atoms with Crippen LogP contribution in [-0.4, -0.2) is 5.88 Å². The standard InChI is InChI=1S/C16H17Cl/c17-13-6-2-1-3-8-14-10-7-11-15-9-4-5-12-16(14)15/h3-5,7-12H,1-2,6,13H2/b8-3-. The second-order valence-corrected chi connectivity index (χ2v) is 4.53. The molecule has 0 bridgehead atoms. The minimum Gasteiger partial charge on any atom is -0.127 e. The van der Waals surface area contributed by atoms with E-state index in [2.05, 4.69) is 54.6 Å². The molecule has 17 heavy (non-hydrogen) atoms. The Hall–Kier alpha value is -1.27. The monoisotopic (exact) mass is 244 g/mol. The molecule has 0 amide bonds. The fourth-order valence-corrected chi connectivity index (χ4v) is 2.15. The molecule has 0 fully saturated rings. The Morgan fingerprint density at radius 3 is 2.65 bits per heavy atom. The maximum absolute atomic E-state index is 5.65. The van der Waals surface area contributed by atoms with Crippen LogP contribution in [0.5, 0.6) is 0 Å². The topological polar surface area (TPSA) is 0 Å². The first-order valence-electron chi connectivity index (χ1n) is 6.12. The van der Waals surface area contributed by atoms with Crippen LogP contribution in [0.3, 0.4) is 0 Å². The summed E-state index contributed by atoms with van der Waals surface area (Å²) < 4.78 is 0. The molecule has 0 radical (unpaired) electrons. The van der Waals surface area contributed by atoms with Crippen molar-refractivity contribution in [1.82, 2.24) is 0 Å². The minimum atomic E-state index is 0.766. The summed E-state index contributed by atoms with van der Waals surface area (Å²) in [5.41, 5.74) is 1.30. The Morgan fingerprint density at radius 2 is 1.76 bits per heavy atom. The molecule has 2 aromatic carbocycles. The van der Waals surface area contributed by atoms with Crippen LogP contribution < -0.4 is 0 Å². The number of unbranched alkanes of at least 4 members (excludes halogenated alkanes) is 2. The van der Waals surface area contributed by atoms with Gasteiger partial charge in [-0.25, -0.2) is 0 Å². The van der Waals surface area contributed by atoms with Crippen molar-refractivity contribution in [2.75, 3.05) is 5.88 Å². The zero-order valence-electron chi connectivity index (χ0n) is 9.90. The van der Waals surface area contributed by atoms with Gasteiger partial charge in [0.1, 0.15) is 0 Å². The molecule has 0 nitrogen and oxygen atoms in total. The molecule has 0 aliphatic rings. The summed E-state index contributed by atoms with van der Waals surface area (Å²) in [6.45, 7) is 0. The summed E-state index contributed by atoms with van der Waals surface area (Å²) in [7, 11) is 0. The second kappa shape index (κ2) is 6.46. The molecular weight excluding hydrogens is 228 g/mol.